The lowest BCUT2D eigenvalue weighted by atomic mass is 9.92. The first-order chi connectivity index (χ1) is 13.2. The highest BCUT2D eigenvalue weighted by molar-refractivity contribution is 5.94. The van der Waals surface area contributed by atoms with E-state index in [2.05, 4.69) is 10.3 Å². The molecule has 158 valence electrons. The summed E-state index contributed by atoms with van der Waals surface area (Å²) in [5.74, 6) is 2.34. The molecule has 0 unspecified atom stereocenters. The van der Waals surface area contributed by atoms with Crippen LogP contribution in [0.4, 0.5) is 0 Å². The van der Waals surface area contributed by atoms with E-state index >= 15 is 0 Å². The Bertz CT molecular complexity index is 787. The van der Waals surface area contributed by atoms with Crippen LogP contribution in [0.15, 0.2) is 42.6 Å². The summed E-state index contributed by atoms with van der Waals surface area (Å²) in [4.78, 5) is 19.3. The van der Waals surface area contributed by atoms with Gasteiger partial charge in [-0.1, -0.05) is 12.1 Å². The maximum absolute atomic E-state index is 13.0. The van der Waals surface area contributed by atoms with Crippen LogP contribution in [-0.4, -0.2) is 42.0 Å². The molecule has 0 radical (unpaired) electrons. The minimum absolute atomic E-state index is 0. The van der Waals surface area contributed by atoms with Crippen molar-refractivity contribution in [1.82, 2.24) is 15.2 Å². The molecule has 4 rings (SSSR count). The van der Waals surface area contributed by atoms with Gasteiger partial charge in [-0.25, -0.2) is 0 Å². The lowest BCUT2D eigenvalue weighted by Gasteiger charge is -2.21. The van der Waals surface area contributed by atoms with Crippen molar-refractivity contribution in [2.75, 3.05) is 26.2 Å². The Balaban J connectivity index is 0.00000150. The first-order valence-corrected chi connectivity index (χ1v) is 9.83. The fourth-order valence-electron chi connectivity index (χ4n) is 4.10. The van der Waals surface area contributed by atoms with Gasteiger partial charge in [0.1, 0.15) is 12.4 Å². The van der Waals surface area contributed by atoms with Crippen LogP contribution in [0.3, 0.4) is 0 Å². The Hall–Kier alpha value is -1.82. The van der Waals surface area contributed by atoms with E-state index in [1.165, 1.54) is 0 Å². The van der Waals surface area contributed by atoms with E-state index in [1.807, 2.05) is 48.2 Å². The minimum atomic E-state index is 0. The smallest absolute Gasteiger partial charge is 0.253 e. The van der Waals surface area contributed by atoms with Crippen LogP contribution < -0.4 is 10.1 Å². The van der Waals surface area contributed by atoms with E-state index in [-0.39, 0.29) is 30.7 Å². The Morgan fingerprint density at radius 3 is 2.52 bits per heavy atom. The number of nitrogens with zero attached hydrogens (tertiary/aromatic N) is 2. The number of hydrogen-bond acceptors (Lipinski definition) is 4. The molecule has 0 aliphatic carbocycles. The zero-order chi connectivity index (χ0) is 18.6. The summed E-state index contributed by atoms with van der Waals surface area (Å²) in [6.07, 6.45) is 3.94. The van der Waals surface area contributed by atoms with Crippen molar-refractivity contribution in [3.8, 4) is 5.75 Å². The van der Waals surface area contributed by atoms with Crippen molar-refractivity contribution >= 4 is 30.7 Å². The molecule has 3 heterocycles. The molecular formula is C22H29Cl2N3O2. The number of benzene rings is 1. The number of aryl methyl sites for hydroxylation is 1. The molecule has 2 fully saturated rings. The second-order valence-corrected chi connectivity index (χ2v) is 7.67. The van der Waals surface area contributed by atoms with Crippen molar-refractivity contribution in [3.05, 3.63) is 59.4 Å². The Kier molecular flexibility index (Phi) is 8.75. The number of likely N-dealkylation sites (tertiary alicyclic amines) is 1. The maximum atomic E-state index is 13.0. The molecule has 2 aliphatic heterocycles. The number of ether oxygens (including phenoxy) is 1. The number of rotatable bonds is 4. The first kappa shape index (κ1) is 23.5. The Morgan fingerprint density at radius 2 is 1.86 bits per heavy atom. The second kappa shape index (κ2) is 10.8. The van der Waals surface area contributed by atoms with Crippen molar-refractivity contribution < 1.29 is 9.53 Å². The summed E-state index contributed by atoms with van der Waals surface area (Å²) in [7, 11) is 0. The molecule has 2 aromatic rings. The molecule has 29 heavy (non-hydrogen) atoms. The highest BCUT2D eigenvalue weighted by Crippen LogP contribution is 2.27. The molecule has 0 bridgehead atoms. The number of hydrogen-bond donors (Lipinski definition) is 1. The normalized spacial score (nSPS) is 20.7. The van der Waals surface area contributed by atoms with Crippen LogP contribution in [0.1, 0.15) is 34.5 Å². The maximum Gasteiger partial charge on any atom is 0.253 e. The third-order valence-corrected chi connectivity index (χ3v) is 5.77. The van der Waals surface area contributed by atoms with Crippen LogP contribution in [0.5, 0.6) is 5.75 Å². The number of carbonyl (C=O) groups is 1. The molecule has 7 heteroatoms. The van der Waals surface area contributed by atoms with Gasteiger partial charge in [-0.3, -0.25) is 9.78 Å². The molecule has 2 atom stereocenters. The van der Waals surface area contributed by atoms with Crippen LogP contribution in [-0.2, 0) is 6.61 Å². The van der Waals surface area contributed by atoms with Gasteiger partial charge in [0.2, 0.25) is 0 Å². The van der Waals surface area contributed by atoms with E-state index in [4.69, 9.17) is 4.74 Å². The van der Waals surface area contributed by atoms with Crippen molar-refractivity contribution in [1.29, 1.82) is 0 Å². The van der Waals surface area contributed by atoms with Gasteiger partial charge in [0.25, 0.3) is 5.91 Å². The average Bonchev–Trinajstić information content (AvgIpc) is 3.05. The van der Waals surface area contributed by atoms with Crippen LogP contribution in [0, 0.1) is 18.8 Å². The predicted molar refractivity (Wildman–Crippen MR) is 119 cm³/mol. The minimum Gasteiger partial charge on any atom is -0.487 e. The lowest BCUT2D eigenvalue weighted by Crippen LogP contribution is -2.32. The number of amides is 1. The molecular weight excluding hydrogens is 409 g/mol. The van der Waals surface area contributed by atoms with E-state index in [0.29, 0.717) is 6.61 Å². The first-order valence-electron chi connectivity index (χ1n) is 9.83. The third-order valence-electron chi connectivity index (χ3n) is 5.77. The van der Waals surface area contributed by atoms with Gasteiger partial charge in [-0.2, -0.15) is 0 Å². The summed E-state index contributed by atoms with van der Waals surface area (Å²) >= 11 is 0. The van der Waals surface area contributed by atoms with Crippen LogP contribution in [0.2, 0.25) is 0 Å². The molecule has 0 saturated carbocycles. The quantitative estimate of drug-likeness (QED) is 0.787. The topological polar surface area (TPSA) is 54.5 Å². The summed E-state index contributed by atoms with van der Waals surface area (Å²) < 4.78 is 5.80. The van der Waals surface area contributed by atoms with Gasteiger partial charge in [0.05, 0.1) is 6.20 Å². The molecule has 1 aromatic carbocycles. The van der Waals surface area contributed by atoms with Gasteiger partial charge in [-0.15, -0.1) is 24.8 Å². The van der Waals surface area contributed by atoms with Gasteiger partial charge in [-0.05, 0) is 74.5 Å². The highest BCUT2D eigenvalue weighted by Gasteiger charge is 2.31. The summed E-state index contributed by atoms with van der Waals surface area (Å²) in [6.45, 7) is 6.31. The molecule has 0 spiro atoms. The summed E-state index contributed by atoms with van der Waals surface area (Å²) in [6, 6.07) is 11.6. The summed E-state index contributed by atoms with van der Waals surface area (Å²) in [5, 5.41) is 3.48. The van der Waals surface area contributed by atoms with Crippen molar-refractivity contribution in [2.24, 2.45) is 11.8 Å². The number of pyridine rings is 1. The van der Waals surface area contributed by atoms with E-state index in [1.54, 1.807) is 6.20 Å². The fourth-order valence-corrected chi connectivity index (χ4v) is 4.10. The molecule has 1 amide bonds. The number of halogens is 2. The van der Waals surface area contributed by atoms with Gasteiger partial charge >= 0.3 is 0 Å². The zero-order valence-electron chi connectivity index (χ0n) is 16.7. The highest BCUT2D eigenvalue weighted by atomic mass is 35.5. The van der Waals surface area contributed by atoms with Crippen LogP contribution in [0.25, 0.3) is 0 Å². The van der Waals surface area contributed by atoms with E-state index in [9.17, 15) is 4.79 Å². The Morgan fingerprint density at radius 1 is 1.14 bits per heavy atom. The molecule has 2 aliphatic rings. The number of carbonyl (C=O) groups excluding carboxylic acids is 1. The number of fused-ring (bicyclic) bond motifs is 1. The SMILES string of the molecule is Cc1ccc(OCc2cccc(C(=O)N3CC[C@@H]4CNC[C@@H]4CC3)c2)cn1.Cl.Cl. The molecule has 5 nitrogen and oxygen atoms in total. The van der Waals surface area contributed by atoms with Crippen molar-refractivity contribution in [3.63, 3.8) is 0 Å². The van der Waals surface area contributed by atoms with Gasteiger partial charge < -0.3 is 15.0 Å². The standard InChI is InChI=1S/C22H27N3O2.2ClH/c1-16-5-6-21(14-24-16)27-15-17-3-2-4-18(11-17)22(26)25-9-7-19-12-23-13-20(19)8-10-25;;/h2-6,11,14,19-20,23H,7-10,12-13,15H2,1H3;2*1H/t19-,20+;;. The van der Waals surface area contributed by atoms with Crippen molar-refractivity contribution in [2.45, 2.75) is 26.4 Å². The summed E-state index contributed by atoms with van der Waals surface area (Å²) in [5.41, 5.74) is 2.72. The molecule has 1 N–H and O–H groups in total. The van der Waals surface area contributed by atoms with Gasteiger partial charge in [0.15, 0.2) is 0 Å². The van der Waals surface area contributed by atoms with E-state index < -0.39 is 0 Å². The largest absolute Gasteiger partial charge is 0.487 e. The fraction of sp³-hybridized carbons (Fsp3) is 0.455. The second-order valence-electron chi connectivity index (χ2n) is 7.67. The number of aromatic nitrogens is 1. The lowest BCUT2D eigenvalue weighted by molar-refractivity contribution is 0.0758. The zero-order valence-corrected chi connectivity index (χ0v) is 18.3. The number of nitrogens with one attached hydrogen (secondary N) is 1. The van der Waals surface area contributed by atoms with E-state index in [0.717, 1.165) is 73.4 Å². The van der Waals surface area contributed by atoms with Crippen LogP contribution >= 0.6 is 24.8 Å². The monoisotopic (exact) mass is 437 g/mol. The van der Waals surface area contributed by atoms with Gasteiger partial charge in [0, 0.05) is 24.3 Å². The predicted octanol–water partition coefficient (Wildman–Crippen LogP) is 3.88. The molecule has 1 aromatic heterocycles. The third kappa shape index (κ3) is 5.84. The average molecular weight is 438 g/mol. The Labute approximate surface area is 185 Å². The molecule has 2 saturated heterocycles.